The van der Waals surface area contributed by atoms with Crippen LogP contribution < -0.4 is 10.1 Å². The number of morpholine rings is 1. The molecule has 0 aromatic carbocycles. The molecule has 0 saturated carbocycles. The molecule has 9 nitrogen and oxygen atoms in total. The third-order valence-electron chi connectivity index (χ3n) is 6.90. The van der Waals surface area contributed by atoms with E-state index in [2.05, 4.69) is 20.4 Å². The van der Waals surface area contributed by atoms with Crippen molar-refractivity contribution in [2.24, 2.45) is 5.92 Å². The maximum atomic E-state index is 13.3. The van der Waals surface area contributed by atoms with Crippen LogP contribution in [0.1, 0.15) is 30.7 Å². The van der Waals surface area contributed by atoms with Crippen LogP contribution in [0.3, 0.4) is 0 Å². The SMILES string of the molecule is COc1cn2nccc2cc1Nc1ncnc2sc3c(c12)CC[C@H](C(=O)N1C[C@H](C)O[C@@H](C)C1)C3. The number of aryl methyl sites for hydroxylation is 1. The van der Waals surface area contributed by atoms with Crippen molar-refractivity contribution >= 4 is 44.5 Å². The third-order valence-corrected chi connectivity index (χ3v) is 8.06. The number of aromatic nitrogens is 4. The summed E-state index contributed by atoms with van der Waals surface area (Å²) in [5.74, 6) is 1.69. The van der Waals surface area contributed by atoms with Gasteiger partial charge in [0, 0.05) is 30.1 Å². The van der Waals surface area contributed by atoms with E-state index in [1.54, 1.807) is 35.5 Å². The summed E-state index contributed by atoms with van der Waals surface area (Å²) < 4.78 is 13.2. The van der Waals surface area contributed by atoms with Gasteiger partial charge in [0.2, 0.25) is 5.91 Å². The monoisotopic (exact) mass is 492 g/mol. The van der Waals surface area contributed by atoms with Crippen molar-refractivity contribution in [3.63, 3.8) is 0 Å². The number of amides is 1. The fraction of sp³-hybridized carbons (Fsp3) is 0.440. The van der Waals surface area contributed by atoms with Gasteiger partial charge in [0.25, 0.3) is 0 Å². The molecule has 35 heavy (non-hydrogen) atoms. The number of carbonyl (C=O) groups excluding carboxylic acids is 1. The lowest BCUT2D eigenvalue weighted by molar-refractivity contribution is -0.147. The Labute approximate surface area is 207 Å². The van der Waals surface area contributed by atoms with Crippen LogP contribution >= 0.6 is 11.3 Å². The van der Waals surface area contributed by atoms with Crippen molar-refractivity contribution < 1.29 is 14.3 Å². The molecule has 182 valence electrons. The van der Waals surface area contributed by atoms with Gasteiger partial charge in [0.1, 0.15) is 17.0 Å². The van der Waals surface area contributed by atoms with Gasteiger partial charge in [-0.2, -0.15) is 5.10 Å². The Morgan fingerprint density at radius 3 is 2.89 bits per heavy atom. The first kappa shape index (κ1) is 22.2. The Balaban J connectivity index is 1.30. The lowest BCUT2D eigenvalue weighted by atomic mass is 9.86. The summed E-state index contributed by atoms with van der Waals surface area (Å²) in [6.45, 7) is 5.41. The summed E-state index contributed by atoms with van der Waals surface area (Å²) in [6, 6.07) is 3.94. The predicted molar refractivity (Wildman–Crippen MR) is 135 cm³/mol. The maximum Gasteiger partial charge on any atom is 0.226 e. The lowest BCUT2D eigenvalue weighted by Gasteiger charge is -2.37. The van der Waals surface area contributed by atoms with Gasteiger partial charge in [0.15, 0.2) is 5.75 Å². The Kier molecular flexibility index (Phi) is 5.57. The van der Waals surface area contributed by atoms with Gasteiger partial charge < -0.3 is 19.7 Å². The van der Waals surface area contributed by atoms with Crippen molar-refractivity contribution in [1.29, 1.82) is 0 Å². The maximum absolute atomic E-state index is 13.3. The number of hydrogen-bond acceptors (Lipinski definition) is 8. The molecular weight excluding hydrogens is 464 g/mol. The standard InChI is InChI=1S/C25H28N6O3S/c1-14-10-30(11-15(2)34-14)25(32)16-4-5-18-21(8-16)35-24-22(18)23(26-13-27-24)29-19-9-17-6-7-28-31(17)12-20(19)33-3/h6-7,9,12-16H,4-5,8,10-11H2,1-3H3,(H,26,27,29)/t14-,15-,16-/m0/s1. The van der Waals surface area contributed by atoms with E-state index < -0.39 is 0 Å². The topological polar surface area (TPSA) is 93.9 Å². The number of nitrogens with zero attached hydrogens (tertiary/aromatic N) is 5. The van der Waals surface area contributed by atoms with Gasteiger partial charge in [-0.05, 0) is 50.8 Å². The van der Waals surface area contributed by atoms with Crippen LogP contribution in [-0.2, 0) is 22.4 Å². The Morgan fingerprint density at radius 1 is 1.26 bits per heavy atom. The summed E-state index contributed by atoms with van der Waals surface area (Å²) in [5.41, 5.74) is 3.03. The number of ether oxygens (including phenoxy) is 2. The molecule has 1 N–H and O–H groups in total. The molecule has 0 unspecified atom stereocenters. The molecule has 2 aliphatic rings. The molecule has 0 radical (unpaired) electrons. The second-order valence-corrected chi connectivity index (χ2v) is 10.5. The van der Waals surface area contributed by atoms with Gasteiger partial charge in [-0.3, -0.25) is 4.79 Å². The highest BCUT2D eigenvalue weighted by Gasteiger charge is 2.34. The molecule has 1 aliphatic heterocycles. The number of methoxy groups -OCH3 is 1. The fourth-order valence-electron chi connectivity index (χ4n) is 5.37. The average molecular weight is 493 g/mol. The minimum Gasteiger partial charge on any atom is -0.493 e. The van der Waals surface area contributed by atoms with Crippen LogP contribution in [0.15, 0.2) is 30.9 Å². The van der Waals surface area contributed by atoms with E-state index >= 15 is 0 Å². The van der Waals surface area contributed by atoms with E-state index in [1.807, 2.05) is 37.1 Å². The highest BCUT2D eigenvalue weighted by atomic mass is 32.1. The molecular formula is C25H28N6O3S. The number of carbonyl (C=O) groups is 1. The summed E-state index contributed by atoms with van der Waals surface area (Å²) in [6.07, 6.45) is 7.77. The van der Waals surface area contributed by atoms with E-state index in [4.69, 9.17) is 9.47 Å². The molecule has 5 heterocycles. The number of nitrogens with one attached hydrogen (secondary N) is 1. The number of anilines is 2. The van der Waals surface area contributed by atoms with Crippen LogP contribution in [0.5, 0.6) is 5.75 Å². The van der Waals surface area contributed by atoms with Crippen molar-refractivity contribution in [2.75, 3.05) is 25.5 Å². The van der Waals surface area contributed by atoms with E-state index in [0.717, 1.165) is 46.5 Å². The summed E-state index contributed by atoms with van der Waals surface area (Å²) in [7, 11) is 1.64. The van der Waals surface area contributed by atoms with E-state index in [0.29, 0.717) is 18.8 Å². The minimum atomic E-state index is 0.00166. The molecule has 3 atom stereocenters. The molecule has 1 fully saturated rings. The average Bonchev–Trinajstić information content (AvgIpc) is 3.46. The first-order valence-electron chi connectivity index (χ1n) is 12.0. The number of thiophene rings is 1. The second-order valence-electron chi connectivity index (χ2n) is 9.43. The molecule has 0 bridgehead atoms. The first-order valence-corrected chi connectivity index (χ1v) is 12.8. The number of rotatable bonds is 4. The van der Waals surface area contributed by atoms with Gasteiger partial charge in [-0.25, -0.2) is 14.5 Å². The Bertz CT molecular complexity index is 1410. The Morgan fingerprint density at radius 2 is 2.09 bits per heavy atom. The number of fused-ring (bicyclic) bond motifs is 4. The predicted octanol–water partition coefficient (Wildman–Crippen LogP) is 3.83. The molecule has 4 aromatic heterocycles. The zero-order chi connectivity index (χ0) is 24.1. The summed E-state index contributed by atoms with van der Waals surface area (Å²) >= 11 is 1.68. The van der Waals surface area contributed by atoms with Crippen LogP contribution in [0.4, 0.5) is 11.5 Å². The summed E-state index contributed by atoms with van der Waals surface area (Å²) in [5, 5.41) is 8.81. The second kappa shape index (κ2) is 8.76. The normalized spacial score (nSPS) is 22.4. The molecule has 1 saturated heterocycles. The fourth-order valence-corrected chi connectivity index (χ4v) is 6.63. The number of pyridine rings is 1. The van der Waals surface area contributed by atoms with Crippen LogP contribution in [0.2, 0.25) is 0 Å². The van der Waals surface area contributed by atoms with Crippen molar-refractivity contribution in [3.8, 4) is 5.75 Å². The van der Waals surface area contributed by atoms with Gasteiger partial charge in [-0.1, -0.05) is 0 Å². The molecule has 10 heteroatoms. The van der Waals surface area contributed by atoms with Crippen LogP contribution in [0.25, 0.3) is 15.7 Å². The van der Waals surface area contributed by atoms with Crippen LogP contribution in [0, 0.1) is 5.92 Å². The van der Waals surface area contributed by atoms with E-state index in [-0.39, 0.29) is 24.0 Å². The third kappa shape index (κ3) is 4.00. The largest absolute Gasteiger partial charge is 0.493 e. The zero-order valence-corrected chi connectivity index (χ0v) is 20.8. The van der Waals surface area contributed by atoms with Crippen LogP contribution in [-0.4, -0.2) is 62.8 Å². The smallest absolute Gasteiger partial charge is 0.226 e. The highest BCUT2D eigenvalue weighted by Crippen LogP contribution is 2.41. The van der Waals surface area contributed by atoms with Gasteiger partial charge in [-0.15, -0.1) is 11.3 Å². The minimum absolute atomic E-state index is 0.00166. The quantitative estimate of drug-likeness (QED) is 0.463. The molecule has 1 aliphatic carbocycles. The molecule has 4 aromatic rings. The highest BCUT2D eigenvalue weighted by molar-refractivity contribution is 7.19. The van der Waals surface area contributed by atoms with Crippen molar-refractivity contribution in [1.82, 2.24) is 24.5 Å². The molecule has 6 rings (SSSR count). The van der Waals surface area contributed by atoms with Gasteiger partial charge in [0.05, 0.1) is 42.1 Å². The van der Waals surface area contributed by atoms with Crippen molar-refractivity contribution in [3.05, 3.63) is 41.3 Å². The summed E-state index contributed by atoms with van der Waals surface area (Å²) in [4.78, 5) is 26.7. The Hall–Kier alpha value is -3.24. The first-order chi connectivity index (χ1) is 17.0. The molecule has 1 amide bonds. The zero-order valence-electron chi connectivity index (χ0n) is 20.0. The van der Waals surface area contributed by atoms with Gasteiger partial charge >= 0.3 is 0 Å². The lowest BCUT2D eigenvalue weighted by Crippen LogP contribution is -2.50. The number of hydrogen-bond donors (Lipinski definition) is 1. The van der Waals surface area contributed by atoms with E-state index in [1.165, 1.54) is 10.4 Å². The molecule has 0 spiro atoms. The van der Waals surface area contributed by atoms with E-state index in [9.17, 15) is 4.79 Å². The van der Waals surface area contributed by atoms with Crippen molar-refractivity contribution in [2.45, 2.75) is 45.3 Å².